The molecule has 6 nitrogen and oxygen atoms in total. The molecule has 32 heavy (non-hydrogen) atoms. The molecule has 166 valence electrons. The van der Waals surface area contributed by atoms with E-state index in [0.29, 0.717) is 29.3 Å². The Morgan fingerprint density at radius 2 is 1.59 bits per heavy atom. The number of carbonyl (C=O) groups excluding carboxylic acids is 2. The highest BCUT2D eigenvalue weighted by Gasteiger charge is 2.19. The lowest BCUT2D eigenvalue weighted by atomic mass is 10.1. The molecule has 0 heterocycles. The number of carbonyl (C=O) groups is 2. The number of benzene rings is 3. The van der Waals surface area contributed by atoms with Gasteiger partial charge in [0, 0.05) is 11.4 Å². The number of ether oxygens (including phenoxy) is 2. The minimum Gasteiger partial charge on any atom is -0.493 e. The molecule has 3 aromatic carbocycles. The van der Waals surface area contributed by atoms with Crippen LogP contribution in [0.2, 0.25) is 0 Å². The molecule has 0 radical (unpaired) electrons. The number of thioether (sulfide) groups is 1. The smallest absolute Gasteiger partial charge is 0.253 e. The Kier molecular flexibility index (Phi) is 8.16. The monoisotopic (exact) mass is 450 g/mol. The SMILES string of the molecule is COc1ccc(S[C@@H](C)C(=O)Nc2ccccc2C(=O)NCc2ccccc2)cc1OC. The summed E-state index contributed by atoms with van der Waals surface area (Å²) in [7, 11) is 3.15. The van der Waals surface area contributed by atoms with E-state index in [1.54, 1.807) is 44.6 Å². The zero-order chi connectivity index (χ0) is 22.9. The fourth-order valence-corrected chi connectivity index (χ4v) is 3.94. The molecule has 7 heteroatoms. The number of para-hydroxylation sites is 1. The highest BCUT2D eigenvalue weighted by Crippen LogP contribution is 2.33. The molecule has 2 amide bonds. The molecule has 1 atom stereocenters. The molecule has 0 saturated carbocycles. The van der Waals surface area contributed by atoms with Crippen LogP contribution in [0, 0.1) is 0 Å². The second-order valence-electron chi connectivity index (χ2n) is 6.98. The molecule has 0 aliphatic carbocycles. The van der Waals surface area contributed by atoms with E-state index in [9.17, 15) is 9.59 Å². The van der Waals surface area contributed by atoms with Crippen LogP contribution in [-0.4, -0.2) is 31.3 Å². The molecule has 3 rings (SSSR count). The first-order valence-electron chi connectivity index (χ1n) is 10.1. The third-order valence-corrected chi connectivity index (χ3v) is 5.86. The summed E-state index contributed by atoms with van der Waals surface area (Å²) < 4.78 is 10.6. The molecule has 0 aliphatic heterocycles. The summed E-state index contributed by atoms with van der Waals surface area (Å²) in [5.41, 5.74) is 1.89. The molecule has 0 aliphatic rings. The topological polar surface area (TPSA) is 76.7 Å². The zero-order valence-corrected chi connectivity index (χ0v) is 19.1. The number of rotatable bonds is 9. The van der Waals surface area contributed by atoms with Gasteiger partial charge in [-0.2, -0.15) is 0 Å². The van der Waals surface area contributed by atoms with Gasteiger partial charge in [-0.05, 0) is 42.8 Å². The van der Waals surface area contributed by atoms with Crippen molar-refractivity contribution >= 4 is 29.3 Å². The minimum atomic E-state index is -0.395. The molecule has 2 N–H and O–H groups in total. The van der Waals surface area contributed by atoms with Crippen LogP contribution >= 0.6 is 11.8 Å². The molecule has 0 bridgehead atoms. The van der Waals surface area contributed by atoms with E-state index >= 15 is 0 Å². The molecule has 0 spiro atoms. The summed E-state index contributed by atoms with van der Waals surface area (Å²) in [6.07, 6.45) is 0. The van der Waals surface area contributed by atoms with Crippen molar-refractivity contribution in [2.24, 2.45) is 0 Å². The summed E-state index contributed by atoms with van der Waals surface area (Å²) in [6, 6.07) is 22.2. The van der Waals surface area contributed by atoms with E-state index < -0.39 is 5.25 Å². The molecule has 0 aromatic heterocycles. The quantitative estimate of drug-likeness (QED) is 0.460. The average Bonchev–Trinajstić information content (AvgIpc) is 2.83. The lowest BCUT2D eigenvalue weighted by Gasteiger charge is -2.16. The summed E-state index contributed by atoms with van der Waals surface area (Å²) in [5, 5.41) is 5.39. The number of amides is 2. The van der Waals surface area contributed by atoms with E-state index in [1.165, 1.54) is 11.8 Å². The maximum absolute atomic E-state index is 12.8. The van der Waals surface area contributed by atoms with Crippen LogP contribution in [-0.2, 0) is 11.3 Å². The van der Waals surface area contributed by atoms with Crippen LogP contribution in [0.25, 0.3) is 0 Å². The molecule has 0 saturated heterocycles. The van der Waals surface area contributed by atoms with Gasteiger partial charge in [0.2, 0.25) is 5.91 Å². The lowest BCUT2D eigenvalue weighted by molar-refractivity contribution is -0.115. The highest BCUT2D eigenvalue weighted by atomic mass is 32.2. The van der Waals surface area contributed by atoms with Crippen molar-refractivity contribution in [2.75, 3.05) is 19.5 Å². The average molecular weight is 451 g/mol. The summed E-state index contributed by atoms with van der Waals surface area (Å²) in [5.74, 6) is 0.785. The van der Waals surface area contributed by atoms with E-state index in [2.05, 4.69) is 10.6 Å². The van der Waals surface area contributed by atoms with Gasteiger partial charge in [-0.25, -0.2) is 0 Å². The summed E-state index contributed by atoms with van der Waals surface area (Å²) in [4.78, 5) is 26.4. The maximum atomic E-state index is 12.8. The number of hydrogen-bond donors (Lipinski definition) is 2. The van der Waals surface area contributed by atoms with E-state index in [0.717, 1.165) is 10.5 Å². The Morgan fingerprint density at radius 1 is 0.906 bits per heavy atom. The molecule has 0 unspecified atom stereocenters. The number of methoxy groups -OCH3 is 2. The third kappa shape index (κ3) is 6.04. The first-order chi connectivity index (χ1) is 15.5. The normalized spacial score (nSPS) is 11.3. The van der Waals surface area contributed by atoms with Crippen LogP contribution in [0.15, 0.2) is 77.7 Å². The van der Waals surface area contributed by atoms with Gasteiger partial charge in [-0.3, -0.25) is 9.59 Å². The van der Waals surface area contributed by atoms with Gasteiger partial charge in [0.25, 0.3) is 5.91 Å². The van der Waals surface area contributed by atoms with Gasteiger partial charge in [-0.1, -0.05) is 42.5 Å². The van der Waals surface area contributed by atoms with Gasteiger partial charge < -0.3 is 20.1 Å². The predicted octanol–water partition coefficient (Wildman–Crippen LogP) is 4.75. The van der Waals surface area contributed by atoms with Gasteiger partial charge in [0.1, 0.15) is 0 Å². The second-order valence-corrected chi connectivity index (χ2v) is 8.39. The second kappa shape index (κ2) is 11.2. The Morgan fingerprint density at radius 3 is 2.31 bits per heavy atom. The lowest BCUT2D eigenvalue weighted by Crippen LogP contribution is -2.27. The first kappa shape index (κ1) is 23.2. The van der Waals surface area contributed by atoms with Crippen LogP contribution in [0.3, 0.4) is 0 Å². The molecular weight excluding hydrogens is 424 g/mol. The van der Waals surface area contributed by atoms with Crippen LogP contribution in [0.5, 0.6) is 11.5 Å². The van der Waals surface area contributed by atoms with Crippen LogP contribution in [0.4, 0.5) is 5.69 Å². The van der Waals surface area contributed by atoms with Gasteiger partial charge in [-0.15, -0.1) is 11.8 Å². The van der Waals surface area contributed by atoms with E-state index in [1.807, 2.05) is 49.4 Å². The van der Waals surface area contributed by atoms with Crippen LogP contribution < -0.4 is 20.1 Å². The number of anilines is 1. The minimum absolute atomic E-state index is 0.201. The Labute approximate surface area is 192 Å². The van der Waals surface area contributed by atoms with Gasteiger partial charge in [0.15, 0.2) is 11.5 Å². The Bertz CT molecular complexity index is 1070. The van der Waals surface area contributed by atoms with Crippen molar-refractivity contribution in [3.63, 3.8) is 0 Å². The van der Waals surface area contributed by atoms with Crippen LogP contribution in [0.1, 0.15) is 22.8 Å². The van der Waals surface area contributed by atoms with E-state index in [-0.39, 0.29) is 11.8 Å². The number of nitrogens with one attached hydrogen (secondary N) is 2. The van der Waals surface area contributed by atoms with Gasteiger partial charge in [0.05, 0.1) is 30.7 Å². The standard InChI is InChI=1S/C25H26N2O4S/c1-17(32-19-13-14-22(30-2)23(15-19)31-3)24(28)27-21-12-8-7-11-20(21)25(29)26-16-18-9-5-4-6-10-18/h4-15,17H,16H2,1-3H3,(H,26,29)(H,27,28)/t17-/m0/s1. The molecule has 0 fully saturated rings. The molecule has 3 aromatic rings. The summed E-state index contributed by atoms with van der Waals surface area (Å²) >= 11 is 1.39. The van der Waals surface area contributed by atoms with Crippen molar-refractivity contribution in [2.45, 2.75) is 23.6 Å². The third-order valence-electron chi connectivity index (χ3n) is 4.76. The van der Waals surface area contributed by atoms with Crippen molar-refractivity contribution in [1.29, 1.82) is 0 Å². The highest BCUT2D eigenvalue weighted by molar-refractivity contribution is 8.00. The van der Waals surface area contributed by atoms with Crippen molar-refractivity contribution < 1.29 is 19.1 Å². The van der Waals surface area contributed by atoms with Crippen molar-refractivity contribution in [3.8, 4) is 11.5 Å². The fraction of sp³-hybridized carbons (Fsp3) is 0.200. The Hall–Kier alpha value is -3.45. The summed E-state index contributed by atoms with van der Waals surface area (Å²) in [6.45, 7) is 2.22. The Balaban J connectivity index is 1.65. The first-order valence-corrected chi connectivity index (χ1v) is 11.0. The predicted molar refractivity (Wildman–Crippen MR) is 128 cm³/mol. The van der Waals surface area contributed by atoms with Crippen molar-refractivity contribution in [1.82, 2.24) is 5.32 Å². The van der Waals surface area contributed by atoms with E-state index in [4.69, 9.17) is 9.47 Å². The van der Waals surface area contributed by atoms with Gasteiger partial charge >= 0.3 is 0 Å². The molecular formula is C25H26N2O4S. The maximum Gasteiger partial charge on any atom is 0.253 e. The number of hydrogen-bond acceptors (Lipinski definition) is 5. The largest absolute Gasteiger partial charge is 0.493 e. The fourth-order valence-electron chi connectivity index (χ4n) is 3.05. The van der Waals surface area contributed by atoms with Crippen molar-refractivity contribution in [3.05, 3.63) is 83.9 Å². The zero-order valence-electron chi connectivity index (χ0n) is 18.3.